The first kappa shape index (κ1) is 20.8. The van der Waals surface area contributed by atoms with Gasteiger partial charge in [-0.1, -0.05) is 86.5 Å². The number of rotatable bonds is 3. The van der Waals surface area contributed by atoms with Gasteiger partial charge in [-0.3, -0.25) is 9.59 Å². The van der Waals surface area contributed by atoms with E-state index in [-0.39, 0.29) is 35.5 Å². The molecule has 0 radical (unpaired) electrons. The molecule has 6 rings (SSSR count). The Balaban J connectivity index is 1.50. The fourth-order valence-corrected chi connectivity index (χ4v) is 6.19. The molecule has 1 saturated heterocycles. The average Bonchev–Trinajstić information content (AvgIpc) is 3.46. The highest BCUT2D eigenvalue weighted by molar-refractivity contribution is 9.10. The Morgan fingerprint density at radius 3 is 1.55 bits per heavy atom. The van der Waals surface area contributed by atoms with Gasteiger partial charge in [0.15, 0.2) is 0 Å². The molecular weight excluding hydrogens is 542 g/mol. The number of carbonyl (C=O) groups is 2. The van der Waals surface area contributed by atoms with E-state index in [0.29, 0.717) is 5.69 Å². The van der Waals surface area contributed by atoms with Gasteiger partial charge in [0.1, 0.15) is 0 Å². The molecule has 0 aromatic heterocycles. The summed E-state index contributed by atoms with van der Waals surface area (Å²) in [4.78, 5) is 28.5. The van der Waals surface area contributed by atoms with Crippen LogP contribution >= 0.6 is 31.9 Å². The molecule has 3 aromatic rings. The second-order valence-electron chi connectivity index (χ2n) is 8.68. The summed E-state index contributed by atoms with van der Waals surface area (Å²) in [6.45, 7) is 0. The molecular formula is C28H19Br2NO2. The van der Waals surface area contributed by atoms with Gasteiger partial charge in [0.2, 0.25) is 11.8 Å². The number of allylic oxidation sites excluding steroid dienone is 3. The summed E-state index contributed by atoms with van der Waals surface area (Å²) in [5, 5.41) is 0. The van der Waals surface area contributed by atoms with Gasteiger partial charge >= 0.3 is 0 Å². The highest BCUT2D eigenvalue weighted by Crippen LogP contribution is 2.58. The second-order valence-corrected chi connectivity index (χ2v) is 10.5. The highest BCUT2D eigenvalue weighted by atomic mass is 79.9. The number of carbonyl (C=O) groups excluding carboxylic acids is 2. The quantitative estimate of drug-likeness (QED) is 0.266. The molecule has 4 atom stereocenters. The van der Waals surface area contributed by atoms with Crippen LogP contribution in [0.25, 0.3) is 5.57 Å². The molecule has 0 N–H and O–H groups in total. The number of fused-ring (bicyclic) bond motifs is 5. The minimum absolute atomic E-state index is 0.0764. The highest BCUT2D eigenvalue weighted by Gasteiger charge is 2.62. The first-order valence-electron chi connectivity index (χ1n) is 10.9. The number of nitrogens with zero attached hydrogens (tertiary/aromatic N) is 1. The van der Waals surface area contributed by atoms with Crippen molar-refractivity contribution in [1.82, 2.24) is 0 Å². The number of hydrogen-bond donors (Lipinski definition) is 0. The topological polar surface area (TPSA) is 37.4 Å². The van der Waals surface area contributed by atoms with Crippen molar-refractivity contribution in [1.29, 1.82) is 0 Å². The van der Waals surface area contributed by atoms with Crippen LogP contribution in [0.1, 0.15) is 11.1 Å². The third-order valence-corrected chi connectivity index (χ3v) is 8.04. The van der Waals surface area contributed by atoms with E-state index in [4.69, 9.17) is 0 Å². The fraction of sp³-hybridized carbons (Fsp3) is 0.143. The molecule has 1 heterocycles. The molecule has 1 saturated carbocycles. The van der Waals surface area contributed by atoms with Gasteiger partial charge in [0.25, 0.3) is 0 Å². The van der Waals surface area contributed by atoms with Crippen molar-refractivity contribution in [3.8, 4) is 0 Å². The van der Waals surface area contributed by atoms with Crippen LogP contribution in [0, 0.1) is 23.7 Å². The summed E-state index contributed by atoms with van der Waals surface area (Å²) in [7, 11) is 0. The predicted octanol–water partition coefficient (Wildman–Crippen LogP) is 6.64. The molecule has 2 fully saturated rings. The smallest absolute Gasteiger partial charge is 0.238 e. The van der Waals surface area contributed by atoms with Gasteiger partial charge in [0, 0.05) is 20.8 Å². The standard InChI is InChI=1S/C28H19Br2NO2/c29-18-10-6-16(7-11-18)23(17-8-12-19(30)13-9-17)24-21-14-15-22(24)26-25(21)27(32)31(28(26)33)20-4-2-1-3-5-20/h1-15,21-22,25-26H/t21-,22+,25-,26-/m0/s1. The number of amides is 2. The minimum Gasteiger partial charge on any atom is -0.274 e. The maximum atomic E-state index is 13.6. The Hall–Kier alpha value is -2.76. The van der Waals surface area contributed by atoms with Gasteiger partial charge in [-0.15, -0.1) is 0 Å². The SMILES string of the molecule is O=C1[C@@H]2[C@@H](C(=O)N1c1ccccc1)[C@H]1C=C[C@@H]2C1=C(c1ccc(Br)cc1)c1ccc(Br)cc1. The first-order valence-corrected chi connectivity index (χ1v) is 12.5. The Morgan fingerprint density at radius 1 is 0.636 bits per heavy atom. The lowest BCUT2D eigenvalue weighted by Crippen LogP contribution is -2.33. The second kappa shape index (κ2) is 7.93. The third kappa shape index (κ3) is 3.21. The number of hydrogen-bond acceptors (Lipinski definition) is 2. The number of imide groups is 1. The van der Waals surface area contributed by atoms with Crippen LogP contribution in [0.5, 0.6) is 0 Å². The van der Waals surface area contributed by atoms with E-state index in [2.05, 4.69) is 68.3 Å². The molecule has 33 heavy (non-hydrogen) atoms. The lowest BCUT2D eigenvalue weighted by atomic mass is 9.85. The summed E-state index contributed by atoms with van der Waals surface area (Å²) in [6, 6.07) is 25.8. The van der Waals surface area contributed by atoms with Crippen molar-refractivity contribution >= 4 is 54.9 Å². The van der Waals surface area contributed by atoms with Gasteiger partial charge < -0.3 is 0 Å². The van der Waals surface area contributed by atoms with E-state index in [1.165, 1.54) is 10.5 Å². The van der Waals surface area contributed by atoms with Gasteiger partial charge in [-0.25, -0.2) is 4.90 Å². The van der Waals surface area contributed by atoms with E-state index >= 15 is 0 Å². The van der Waals surface area contributed by atoms with Crippen LogP contribution in [0.15, 0.2) is 106 Å². The van der Waals surface area contributed by atoms with Gasteiger partial charge in [0.05, 0.1) is 17.5 Å². The van der Waals surface area contributed by atoms with Crippen molar-refractivity contribution in [2.75, 3.05) is 4.90 Å². The van der Waals surface area contributed by atoms with Crippen LogP contribution in [0.2, 0.25) is 0 Å². The summed E-state index contributed by atoms with van der Waals surface area (Å²) in [5.41, 5.74) is 5.15. The molecule has 3 aromatic carbocycles. The zero-order valence-electron chi connectivity index (χ0n) is 17.5. The summed E-state index contributed by atoms with van der Waals surface area (Å²) < 4.78 is 2.03. The van der Waals surface area contributed by atoms with Crippen molar-refractivity contribution in [3.63, 3.8) is 0 Å². The molecule has 3 nitrogen and oxygen atoms in total. The lowest BCUT2D eigenvalue weighted by molar-refractivity contribution is -0.122. The molecule has 3 aliphatic rings. The Labute approximate surface area is 209 Å². The van der Waals surface area contributed by atoms with Gasteiger partial charge in [-0.05, 0) is 58.7 Å². The van der Waals surface area contributed by atoms with E-state index in [1.807, 2.05) is 54.6 Å². The lowest BCUT2D eigenvalue weighted by Gasteiger charge is -2.21. The molecule has 0 unspecified atom stereocenters. The Kier molecular flexibility index (Phi) is 5.00. The molecule has 5 heteroatoms. The monoisotopic (exact) mass is 559 g/mol. The minimum atomic E-state index is -0.344. The van der Waals surface area contributed by atoms with Gasteiger partial charge in [-0.2, -0.15) is 0 Å². The van der Waals surface area contributed by atoms with Crippen molar-refractivity contribution in [2.24, 2.45) is 23.7 Å². The summed E-state index contributed by atoms with van der Waals surface area (Å²) in [6.07, 6.45) is 4.27. The van der Waals surface area contributed by atoms with Crippen molar-refractivity contribution < 1.29 is 9.59 Å². The van der Waals surface area contributed by atoms with E-state index < -0.39 is 0 Å². The summed E-state index contributed by atoms with van der Waals surface area (Å²) in [5.74, 6) is -1.01. The molecule has 2 aliphatic carbocycles. The maximum absolute atomic E-state index is 13.6. The Bertz CT molecular complexity index is 1250. The molecule has 1 aliphatic heterocycles. The molecule has 0 spiro atoms. The number of anilines is 1. The average molecular weight is 561 g/mol. The van der Waals surface area contributed by atoms with Crippen molar-refractivity contribution in [3.05, 3.63) is 117 Å². The zero-order valence-corrected chi connectivity index (χ0v) is 20.7. The number of halogens is 2. The number of para-hydroxylation sites is 1. The Morgan fingerprint density at radius 2 is 1.09 bits per heavy atom. The normalized spacial score (nSPS) is 25.2. The third-order valence-electron chi connectivity index (χ3n) is 6.98. The number of benzene rings is 3. The van der Waals surface area contributed by atoms with E-state index in [9.17, 15) is 9.59 Å². The van der Waals surface area contributed by atoms with Crippen LogP contribution in [-0.4, -0.2) is 11.8 Å². The largest absolute Gasteiger partial charge is 0.274 e. The maximum Gasteiger partial charge on any atom is 0.238 e. The molecule has 2 amide bonds. The molecule has 2 bridgehead atoms. The van der Waals surface area contributed by atoms with E-state index in [0.717, 1.165) is 25.6 Å². The van der Waals surface area contributed by atoms with Crippen LogP contribution in [-0.2, 0) is 9.59 Å². The van der Waals surface area contributed by atoms with Crippen LogP contribution in [0.4, 0.5) is 5.69 Å². The van der Waals surface area contributed by atoms with Crippen molar-refractivity contribution in [2.45, 2.75) is 0 Å². The first-order chi connectivity index (χ1) is 16.0. The zero-order chi connectivity index (χ0) is 22.7. The van der Waals surface area contributed by atoms with Crippen LogP contribution in [0.3, 0.4) is 0 Å². The van der Waals surface area contributed by atoms with Crippen LogP contribution < -0.4 is 4.90 Å². The summed E-state index contributed by atoms with van der Waals surface area (Å²) >= 11 is 7.07. The molecule has 162 valence electrons. The predicted molar refractivity (Wildman–Crippen MR) is 136 cm³/mol. The fourth-order valence-electron chi connectivity index (χ4n) is 5.66. The van der Waals surface area contributed by atoms with E-state index in [1.54, 1.807) is 0 Å².